The van der Waals surface area contributed by atoms with Crippen molar-refractivity contribution in [1.29, 1.82) is 0 Å². The number of pyridine rings is 1. The number of rotatable bonds is 6. The van der Waals surface area contributed by atoms with Crippen LogP contribution in [0.2, 0.25) is 0 Å². The lowest BCUT2D eigenvalue weighted by Crippen LogP contribution is -2.38. The first-order chi connectivity index (χ1) is 9.26. The largest absolute Gasteiger partial charge is 0.478 e. The van der Waals surface area contributed by atoms with Crippen LogP contribution in [0.15, 0.2) is 18.3 Å². The van der Waals surface area contributed by atoms with E-state index in [1.54, 1.807) is 17.2 Å². The zero-order chi connectivity index (χ0) is 13.7. The highest BCUT2D eigenvalue weighted by Crippen LogP contribution is 2.22. The second kappa shape index (κ2) is 6.52. The molecule has 0 aliphatic carbocycles. The lowest BCUT2D eigenvalue weighted by Gasteiger charge is -2.17. The number of amides is 1. The summed E-state index contributed by atoms with van der Waals surface area (Å²) in [5.74, 6) is 0.734. The SMILES string of the molecule is CCCNC1CCN(c2ccc(OCC)nc2)C1=O. The molecule has 1 aromatic heterocycles. The van der Waals surface area contributed by atoms with Crippen LogP contribution < -0.4 is 15.0 Å². The number of carbonyl (C=O) groups excluding carboxylic acids is 1. The molecule has 104 valence electrons. The highest BCUT2D eigenvalue weighted by atomic mass is 16.5. The van der Waals surface area contributed by atoms with E-state index in [9.17, 15) is 4.79 Å². The predicted molar refractivity (Wildman–Crippen MR) is 74.5 cm³/mol. The highest BCUT2D eigenvalue weighted by molar-refractivity contribution is 5.99. The first-order valence-electron chi connectivity index (χ1n) is 6.89. The number of carbonyl (C=O) groups is 1. The van der Waals surface area contributed by atoms with Crippen LogP contribution in [0.4, 0.5) is 5.69 Å². The lowest BCUT2D eigenvalue weighted by atomic mass is 10.2. The second-order valence-corrected chi connectivity index (χ2v) is 4.57. The van der Waals surface area contributed by atoms with Gasteiger partial charge in [0.1, 0.15) is 0 Å². The molecule has 1 unspecified atom stereocenters. The maximum atomic E-state index is 12.2. The van der Waals surface area contributed by atoms with E-state index >= 15 is 0 Å². The molecule has 1 N–H and O–H groups in total. The number of ether oxygens (including phenoxy) is 1. The minimum absolute atomic E-state index is 0.0495. The number of anilines is 1. The molecule has 2 heterocycles. The Morgan fingerprint density at radius 2 is 2.32 bits per heavy atom. The van der Waals surface area contributed by atoms with E-state index in [1.807, 2.05) is 13.0 Å². The normalized spacial score (nSPS) is 18.9. The van der Waals surface area contributed by atoms with Crippen molar-refractivity contribution < 1.29 is 9.53 Å². The van der Waals surface area contributed by atoms with Crippen LogP contribution in [-0.2, 0) is 4.79 Å². The van der Waals surface area contributed by atoms with Crippen LogP contribution in [0.5, 0.6) is 5.88 Å². The topological polar surface area (TPSA) is 54.5 Å². The van der Waals surface area contributed by atoms with Gasteiger partial charge >= 0.3 is 0 Å². The molecule has 0 radical (unpaired) electrons. The van der Waals surface area contributed by atoms with Gasteiger partial charge in [-0.25, -0.2) is 4.98 Å². The zero-order valence-electron chi connectivity index (χ0n) is 11.6. The summed E-state index contributed by atoms with van der Waals surface area (Å²) < 4.78 is 5.30. The van der Waals surface area contributed by atoms with E-state index in [4.69, 9.17) is 4.74 Å². The van der Waals surface area contributed by atoms with Crippen molar-refractivity contribution in [1.82, 2.24) is 10.3 Å². The minimum Gasteiger partial charge on any atom is -0.478 e. The standard InChI is InChI=1S/C14H21N3O2/c1-3-8-15-12-7-9-17(14(12)18)11-5-6-13(16-10-11)19-4-2/h5-6,10,12,15H,3-4,7-9H2,1-2H3. The van der Waals surface area contributed by atoms with Crippen molar-refractivity contribution in [3.63, 3.8) is 0 Å². The van der Waals surface area contributed by atoms with Gasteiger partial charge in [-0.1, -0.05) is 6.92 Å². The third-order valence-corrected chi connectivity index (χ3v) is 3.17. The molecule has 19 heavy (non-hydrogen) atoms. The van der Waals surface area contributed by atoms with Crippen molar-refractivity contribution >= 4 is 11.6 Å². The molecule has 1 atom stereocenters. The maximum absolute atomic E-state index is 12.2. The van der Waals surface area contributed by atoms with Crippen LogP contribution in [0, 0.1) is 0 Å². The molecule has 0 aromatic carbocycles. The molecule has 5 nitrogen and oxygen atoms in total. The first-order valence-corrected chi connectivity index (χ1v) is 6.89. The number of nitrogens with one attached hydrogen (secondary N) is 1. The molecular formula is C14H21N3O2. The molecule has 5 heteroatoms. The van der Waals surface area contributed by atoms with Crippen LogP contribution in [0.3, 0.4) is 0 Å². The summed E-state index contributed by atoms with van der Waals surface area (Å²) in [6, 6.07) is 3.64. The minimum atomic E-state index is -0.0495. The summed E-state index contributed by atoms with van der Waals surface area (Å²) in [4.78, 5) is 18.2. The third kappa shape index (κ3) is 3.23. The summed E-state index contributed by atoms with van der Waals surface area (Å²) in [5, 5.41) is 3.28. The maximum Gasteiger partial charge on any atom is 0.244 e. The van der Waals surface area contributed by atoms with Gasteiger partial charge in [0.25, 0.3) is 0 Å². The van der Waals surface area contributed by atoms with Crippen molar-refractivity contribution in [2.24, 2.45) is 0 Å². The molecule has 1 amide bonds. The van der Waals surface area contributed by atoms with Crippen molar-refractivity contribution in [2.75, 3.05) is 24.6 Å². The van der Waals surface area contributed by atoms with Crippen molar-refractivity contribution in [2.45, 2.75) is 32.7 Å². The fraction of sp³-hybridized carbons (Fsp3) is 0.571. The van der Waals surface area contributed by atoms with Crippen molar-refractivity contribution in [3.8, 4) is 5.88 Å². The third-order valence-electron chi connectivity index (χ3n) is 3.17. The Hall–Kier alpha value is -1.62. The van der Waals surface area contributed by atoms with Gasteiger partial charge < -0.3 is 15.0 Å². The van der Waals surface area contributed by atoms with Crippen LogP contribution in [0.25, 0.3) is 0 Å². The van der Waals surface area contributed by atoms with Crippen LogP contribution in [0.1, 0.15) is 26.7 Å². The number of nitrogens with zero attached hydrogens (tertiary/aromatic N) is 2. The lowest BCUT2D eigenvalue weighted by molar-refractivity contribution is -0.118. The van der Waals surface area contributed by atoms with Crippen molar-refractivity contribution in [3.05, 3.63) is 18.3 Å². The predicted octanol–water partition coefficient (Wildman–Crippen LogP) is 1.59. The van der Waals surface area contributed by atoms with Crippen LogP contribution in [-0.4, -0.2) is 36.6 Å². The van der Waals surface area contributed by atoms with E-state index in [0.717, 1.165) is 31.6 Å². The summed E-state index contributed by atoms with van der Waals surface area (Å²) in [5.41, 5.74) is 0.842. The van der Waals surface area contributed by atoms with Gasteiger partial charge in [0, 0.05) is 12.6 Å². The van der Waals surface area contributed by atoms with Crippen LogP contribution >= 0.6 is 0 Å². The van der Waals surface area contributed by atoms with Gasteiger partial charge in [-0.2, -0.15) is 0 Å². The summed E-state index contributed by atoms with van der Waals surface area (Å²) in [6.07, 6.45) is 3.59. The molecule has 1 saturated heterocycles. The van der Waals surface area contributed by atoms with Gasteiger partial charge in [0.05, 0.1) is 24.5 Å². The Morgan fingerprint density at radius 3 is 2.95 bits per heavy atom. The Morgan fingerprint density at radius 1 is 1.47 bits per heavy atom. The molecule has 2 rings (SSSR count). The molecule has 1 aliphatic rings. The average Bonchev–Trinajstić information content (AvgIpc) is 2.79. The molecule has 1 aliphatic heterocycles. The number of hydrogen-bond donors (Lipinski definition) is 1. The van der Waals surface area contributed by atoms with Gasteiger partial charge in [-0.15, -0.1) is 0 Å². The fourth-order valence-electron chi connectivity index (χ4n) is 2.21. The molecule has 1 fully saturated rings. The van der Waals surface area contributed by atoms with Gasteiger partial charge in [0.15, 0.2) is 0 Å². The van der Waals surface area contributed by atoms with Gasteiger partial charge in [0.2, 0.25) is 11.8 Å². The first kappa shape index (κ1) is 13.8. The number of aromatic nitrogens is 1. The fourth-order valence-corrected chi connectivity index (χ4v) is 2.21. The Labute approximate surface area is 114 Å². The Balaban J connectivity index is 2.00. The molecule has 0 bridgehead atoms. The second-order valence-electron chi connectivity index (χ2n) is 4.57. The van der Waals surface area contributed by atoms with Gasteiger partial charge in [-0.05, 0) is 32.4 Å². The molecule has 0 saturated carbocycles. The average molecular weight is 263 g/mol. The Bertz CT molecular complexity index is 419. The number of hydrogen-bond acceptors (Lipinski definition) is 4. The summed E-state index contributed by atoms with van der Waals surface area (Å²) in [6.45, 7) is 6.24. The van der Waals surface area contributed by atoms with E-state index in [-0.39, 0.29) is 11.9 Å². The Kier molecular flexibility index (Phi) is 4.74. The monoisotopic (exact) mass is 263 g/mol. The van der Waals surface area contributed by atoms with E-state index in [0.29, 0.717) is 12.5 Å². The molecular weight excluding hydrogens is 242 g/mol. The zero-order valence-corrected chi connectivity index (χ0v) is 11.6. The summed E-state index contributed by atoms with van der Waals surface area (Å²) >= 11 is 0. The van der Waals surface area contributed by atoms with E-state index in [1.165, 1.54) is 0 Å². The quantitative estimate of drug-likeness (QED) is 0.846. The van der Waals surface area contributed by atoms with Gasteiger partial charge in [-0.3, -0.25) is 4.79 Å². The smallest absolute Gasteiger partial charge is 0.244 e. The van der Waals surface area contributed by atoms with E-state index in [2.05, 4.69) is 17.2 Å². The molecule has 1 aromatic rings. The summed E-state index contributed by atoms with van der Waals surface area (Å²) in [7, 11) is 0. The highest BCUT2D eigenvalue weighted by Gasteiger charge is 2.31. The molecule has 0 spiro atoms. The van der Waals surface area contributed by atoms with E-state index < -0.39 is 0 Å².